The number of anilines is 1. The molecule has 1 heterocycles. The van der Waals surface area contributed by atoms with E-state index in [1.165, 1.54) is 5.69 Å². The van der Waals surface area contributed by atoms with Crippen molar-refractivity contribution in [1.82, 2.24) is 4.98 Å². The summed E-state index contributed by atoms with van der Waals surface area (Å²) in [5, 5.41) is 0. The summed E-state index contributed by atoms with van der Waals surface area (Å²) in [6.07, 6.45) is 3.69. The Morgan fingerprint density at radius 1 is 1.36 bits per heavy atom. The summed E-state index contributed by atoms with van der Waals surface area (Å²) in [6, 6.07) is 4.05. The molecule has 0 fully saturated rings. The summed E-state index contributed by atoms with van der Waals surface area (Å²) in [6.45, 7) is 6.39. The first-order valence-corrected chi connectivity index (χ1v) is 4.03. The zero-order chi connectivity index (χ0) is 8.10. The minimum Gasteiger partial charge on any atom is -0.371 e. The molecule has 60 valence electrons. The monoisotopic (exact) mass is 150 g/mol. The van der Waals surface area contributed by atoms with Crippen LogP contribution >= 0.6 is 0 Å². The Hall–Kier alpha value is -1.05. The van der Waals surface area contributed by atoms with Gasteiger partial charge < -0.3 is 4.90 Å². The summed E-state index contributed by atoms with van der Waals surface area (Å²) in [5.74, 6) is 0. The molecule has 0 N–H and O–H groups in total. The quantitative estimate of drug-likeness (QED) is 0.654. The van der Waals surface area contributed by atoms with Crippen LogP contribution in [-0.4, -0.2) is 18.1 Å². The summed E-state index contributed by atoms with van der Waals surface area (Å²) >= 11 is 0. The van der Waals surface area contributed by atoms with Gasteiger partial charge in [0.2, 0.25) is 0 Å². The van der Waals surface area contributed by atoms with Crippen molar-refractivity contribution < 1.29 is 0 Å². The molecular formula is C9H14N2. The van der Waals surface area contributed by atoms with Crippen LogP contribution < -0.4 is 4.90 Å². The molecule has 0 aliphatic rings. The Morgan fingerprint density at radius 2 is 2.09 bits per heavy atom. The highest BCUT2D eigenvalue weighted by atomic mass is 15.1. The van der Waals surface area contributed by atoms with Crippen LogP contribution in [0.3, 0.4) is 0 Å². The average molecular weight is 150 g/mol. The van der Waals surface area contributed by atoms with E-state index in [2.05, 4.69) is 29.8 Å². The second-order valence-corrected chi connectivity index (χ2v) is 2.38. The van der Waals surface area contributed by atoms with Crippen molar-refractivity contribution in [3.63, 3.8) is 0 Å². The molecular weight excluding hydrogens is 136 g/mol. The van der Waals surface area contributed by atoms with Gasteiger partial charge in [-0.15, -0.1) is 0 Å². The van der Waals surface area contributed by atoms with E-state index in [9.17, 15) is 0 Å². The van der Waals surface area contributed by atoms with E-state index in [1.807, 2.05) is 12.3 Å². The lowest BCUT2D eigenvalue weighted by Crippen LogP contribution is -2.21. The topological polar surface area (TPSA) is 16.1 Å². The molecule has 0 aliphatic carbocycles. The van der Waals surface area contributed by atoms with Crippen LogP contribution in [0.15, 0.2) is 24.5 Å². The smallest absolute Gasteiger partial charge is 0.0552 e. The Kier molecular flexibility index (Phi) is 2.90. The molecule has 1 aromatic heterocycles. The molecule has 2 nitrogen and oxygen atoms in total. The third-order valence-corrected chi connectivity index (χ3v) is 1.77. The molecule has 0 unspecified atom stereocenters. The van der Waals surface area contributed by atoms with Crippen LogP contribution in [0.1, 0.15) is 13.8 Å². The molecule has 11 heavy (non-hydrogen) atoms. The van der Waals surface area contributed by atoms with Gasteiger partial charge in [0.15, 0.2) is 0 Å². The Labute approximate surface area is 67.9 Å². The van der Waals surface area contributed by atoms with Gasteiger partial charge >= 0.3 is 0 Å². The Morgan fingerprint density at radius 3 is 2.55 bits per heavy atom. The first-order valence-electron chi connectivity index (χ1n) is 4.03. The van der Waals surface area contributed by atoms with E-state index in [1.54, 1.807) is 6.20 Å². The molecule has 0 aliphatic heterocycles. The van der Waals surface area contributed by atoms with Gasteiger partial charge in [-0.25, -0.2) is 0 Å². The molecule has 0 saturated carbocycles. The maximum atomic E-state index is 4.06. The first kappa shape index (κ1) is 8.05. The van der Waals surface area contributed by atoms with Gasteiger partial charge in [-0.3, -0.25) is 4.98 Å². The lowest BCUT2D eigenvalue weighted by atomic mass is 10.3. The maximum absolute atomic E-state index is 4.06. The predicted molar refractivity (Wildman–Crippen MR) is 47.8 cm³/mol. The van der Waals surface area contributed by atoms with Crippen molar-refractivity contribution in [2.24, 2.45) is 0 Å². The van der Waals surface area contributed by atoms with Crippen molar-refractivity contribution in [1.29, 1.82) is 0 Å². The van der Waals surface area contributed by atoms with E-state index in [-0.39, 0.29) is 0 Å². The fourth-order valence-corrected chi connectivity index (χ4v) is 1.13. The van der Waals surface area contributed by atoms with E-state index in [0.29, 0.717) is 0 Å². The third kappa shape index (κ3) is 1.93. The summed E-state index contributed by atoms with van der Waals surface area (Å²) in [5.41, 5.74) is 1.21. The number of nitrogens with zero attached hydrogens (tertiary/aromatic N) is 2. The van der Waals surface area contributed by atoms with E-state index in [0.717, 1.165) is 13.1 Å². The fraction of sp³-hybridized carbons (Fsp3) is 0.444. The molecule has 2 heteroatoms. The molecule has 0 radical (unpaired) electrons. The van der Waals surface area contributed by atoms with Crippen molar-refractivity contribution in [2.45, 2.75) is 13.8 Å². The minimum absolute atomic E-state index is 1.04. The lowest BCUT2D eigenvalue weighted by Gasteiger charge is -2.19. The van der Waals surface area contributed by atoms with Crippen molar-refractivity contribution in [3.05, 3.63) is 24.5 Å². The van der Waals surface area contributed by atoms with Crippen molar-refractivity contribution >= 4 is 5.69 Å². The van der Waals surface area contributed by atoms with E-state index >= 15 is 0 Å². The van der Waals surface area contributed by atoms with Gasteiger partial charge in [-0.2, -0.15) is 0 Å². The van der Waals surface area contributed by atoms with Crippen LogP contribution in [0.25, 0.3) is 0 Å². The molecule has 0 spiro atoms. The van der Waals surface area contributed by atoms with E-state index in [4.69, 9.17) is 0 Å². The van der Waals surface area contributed by atoms with Gasteiger partial charge in [0.05, 0.1) is 11.9 Å². The van der Waals surface area contributed by atoms with Crippen LogP contribution in [0.4, 0.5) is 5.69 Å². The highest BCUT2D eigenvalue weighted by Gasteiger charge is 1.98. The van der Waals surface area contributed by atoms with Gasteiger partial charge in [-0.05, 0) is 26.0 Å². The normalized spacial score (nSPS) is 9.64. The highest BCUT2D eigenvalue weighted by Crippen LogP contribution is 2.09. The van der Waals surface area contributed by atoms with Gasteiger partial charge in [0.1, 0.15) is 0 Å². The highest BCUT2D eigenvalue weighted by molar-refractivity contribution is 5.42. The fourth-order valence-electron chi connectivity index (χ4n) is 1.13. The second-order valence-electron chi connectivity index (χ2n) is 2.38. The summed E-state index contributed by atoms with van der Waals surface area (Å²) < 4.78 is 0. The zero-order valence-corrected chi connectivity index (χ0v) is 7.12. The SMILES string of the molecule is CCN(CC)c1cccnc1. The Balaban J connectivity index is 2.74. The molecule has 1 rings (SSSR count). The maximum Gasteiger partial charge on any atom is 0.0552 e. The minimum atomic E-state index is 1.04. The van der Waals surface area contributed by atoms with Gasteiger partial charge in [-0.1, -0.05) is 0 Å². The van der Waals surface area contributed by atoms with Crippen molar-refractivity contribution in [3.8, 4) is 0 Å². The molecule has 0 aromatic carbocycles. The molecule has 0 bridgehead atoms. The number of rotatable bonds is 3. The molecule has 0 amide bonds. The lowest BCUT2D eigenvalue weighted by molar-refractivity contribution is 0.862. The average Bonchev–Trinajstić information content (AvgIpc) is 2.09. The van der Waals surface area contributed by atoms with Crippen molar-refractivity contribution in [2.75, 3.05) is 18.0 Å². The number of aromatic nitrogens is 1. The molecule has 1 aromatic rings. The first-order chi connectivity index (χ1) is 5.38. The zero-order valence-electron chi connectivity index (χ0n) is 7.12. The van der Waals surface area contributed by atoms with Crippen LogP contribution in [0.5, 0.6) is 0 Å². The molecule has 0 saturated heterocycles. The van der Waals surface area contributed by atoms with E-state index < -0.39 is 0 Å². The largest absolute Gasteiger partial charge is 0.371 e. The Bertz CT molecular complexity index is 192. The number of pyridine rings is 1. The van der Waals surface area contributed by atoms with Gasteiger partial charge in [0.25, 0.3) is 0 Å². The van der Waals surface area contributed by atoms with Crippen LogP contribution in [0.2, 0.25) is 0 Å². The third-order valence-electron chi connectivity index (χ3n) is 1.77. The van der Waals surface area contributed by atoms with Crippen LogP contribution in [-0.2, 0) is 0 Å². The molecule has 0 atom stereocenters. The predicted octanol–water partition coefficient (Wildman–Crippen LogP) is 1.93. The second kappa shape index (κ2) is 3.96. The summed E-state index contributed by atoms with van der Waals surface area (Å²) in [4.78, 5) is 6.33. The standard InChI is InChI=1S/C9H14N2/c1-3-11(4-2)9-6-5-7-10-8-9/h5-8H,3-4H2,1-2H3. The number of hydrogen-bond acceptors (Lipinski definition) is 2. The van der Waals surface area contributed by atoms with Gasteiger partial charge in [0, 0.05) is 19.3 Å². The number of hydrogen-bond donors (Lipinski definition) is 0. The van der Waals surface area contributed by atoms with Crippen LogP contribution in [0, 0.1) is 0 Å². The summed E-state index contributed by atoms with van der Waals surface area (Å²) in [7, 11) is 0.